The lowest BCUT2D eigenvalue weighted by Gasteiger charge is -2.06. The van der Waals surface area contributed by atoms with E-state index in [0.29, 0.717) is 0 Å². The SMILES string of the molecule is Cc1nn(Cc2c(Br)c(C)nn2C)c(C)c1C. The van der Waals surface area contributed by atoms with Gasteiger partial charge in [0.1, 0.15) is 0 Å². The van der Waals surface area contributed by atoms with Crippen molar-refractivity contribution in [2.24, 2.45) is 7.05 Å². The molecule has 5 heteroatoms. The fourth-order valence-electron chi connectivity index (χ4n) is 1.93. The van der Waals surface area contributed by atoms with Crippen molar-refractivity contribution in [3.05, 3.63) is 32.8 Å². The van der Waals surface area contributed by atoms with Crippen LogP contribution in [0.4, 0.5) is 0 Å². The molecule has 0 aliphatic carbocycles. The lowest BCUT2D eigenvalue weighted by molar-refractivity contribution is 0.601. The second-order valence-corrected chi connectivity index (χ2v) is 5.22. The van der Waals surface area contributed by atoms with E-state index < -0.39 is 0 Å². The van der Waals surface area contributed by atoms with E-state index in [-0.39, 0.29) is 0 Å². The van der Waals surface area contributed by atoms with Crippen LogP contribution in [0.3, 0.4) is 0 Å². The zero-order valence-electron chi connectivity index (χ0n) is 10.9. The van der Waals surface area contributed by atoms with Gasteiger partial charge in [0.25, 0.3) is 0 Å². The lowest BCUT2D eigenvalue weighted by Crippen LogP contribution is -2.09. The average Bonchev–Trinajstić information content (AvgIpc) is 2.65. The van der Waals surface area contributed by atoms with Crippen LogP contribution in [0, 0.1) is 27.7 Å². The highest BCUT2D eigenvalue weighted by molar-refractivity contribution is 9.10. The molecule has 0 aliphatic heterocycles. The van der Waals surface area contributed by atoms with E-state index in [1.54, 1.807) is 0 Å². The van der Waals surface area contributed by atoms with Gasteiger partial charge in [0, 0.05) is 12.7 Å². The molecule has 2 aromatic rings. The molecule has 17 heavy (non-hydrogen) atoms. The lowest BCUT2D eigenvalue weighted by atomic mass is 10.2. The maximum absolute atomic E-state index is 4.55. The van der Waals surface area contributed by atoms with Crippen LogP contribution in [0.25, 0.3) is 0 Å². The maximum Gasteiger partial charge on any atom is 0.0842 e. The molecule has 0 aliphatic rings. The third-order valence-corrected chi connectivity index (χ3v) is 4.34. The molecular weight excluding hydrogens is 280 g/mol. The molecule has 0 spiro atoms. The minimum atomic E-state index is 0.748. The first kappa shape index (κ1) is 12.4. The zero-order valence-corrected chi connectivity index (χ0v) is 12.5. The van der Waals surface area contributed by atoms with Gasteiger partial charge in [-0.25, -0.2) is 0 Å². The zero-order chi connectivity index (χ0) is 12.7. The van der Waals surface area contributed by atoms with Crippen LogP contribution < -0.4 is 0 Å². The number of hydrogen-bond donors (Lipinski definition) is 0. The highest BCUT2D eigenvalue weighted by atomic mass is 79.9. The van der Waals surface area contributed by atoms with Gasteiger partial charge in [-0.15, -0.1) is 0 Å². The van der Waals surface area contributed by atoms with E-state index in [9.17, 15) is 0 Å². The minimum Gasteiger partial charge on any atom is -0.269 e. The summed E-state index contributed by atoms with van der Waals surface area (Å²) in [6, 6.07) is 0. The Kier molecular flexibility index (Phi) is 3.12. The minimum absolute atomic E-state index is 0.748. The van der Waals surface area contributed by atoms with Gasteiger partial charge in [-0.2, -0.15) is 10.2 Å². The first-order valence-electron chi connectivity index (χ1n) is 5.60. The Bertz CT molecular complexity index is 566. The second kappa shape index (κ2) is 4.29. The number of aryl methyl sites for hydroxylation is 3. The topological polar surface area (TPSA) is 35.6 Å². The van der Waals surface area contributed by atoms with Crippen LogP contribution in [0.15, 0.2) is 4.47 Å². The molecular formula is C12H17BrN4. The summed E-state index contributed by atoms with van der Waals surface area (Å²) in [6.45, 7) is 9.00. The first-order valence-corrected chi connectivity index (χ1v) is 6.39. The Hall–Kier alpha value is -1.10. The van der Waals surface area contributed by atoms with Crippen LogP contribution in [0.2, 0.25) is 0 Å². The molecule has 0 amide bonds. The normalized spacial score (nSPS) is 11.2. The molecule has 0 saturated carbocycles. The van der Waals surface area contributed by atoms with E-state index in [4.69, 9.17) is 0 Å². The summed E-state index contributed by atoms with van der Waals surface area (Å²) in [7, 11) is 1.96. The average molecular weight is 297 g/mol. The Morgan fingerprint density at radius 3 is 2.12 bits per heavy atom. The number of rotatable bonds is 2. The molecule has 0 unspecified atom stereocenters. The molecule has 2 aromatic heterocycles. The Morgan fingerprint density at radius 1 is 1.06 bits per heavy atom. The molecule has 2 rings (SSSR count). The van der Waals surface area contributed by atoms with E-state index >= 15 is 0 Å². The number of halogens is 1. The third kappa shape index (κ3) is 2.04. The van der Waals surface area contributed by atoms with Crippen molar-refractivity contribution in [3.8, 4) is 0 Å². The molecule has 0 saturated heterocycles. The molecule has 0 aromatic carbocycles. The van der Waals surface area contributed by atoms with Crippen LogP contribution in [0.1, 0.15) is 28.3 Å². The van der Waals surface area contributed by atoms with Crippen molar-refractivity contribution >= 4 is 15.9 Å². The Morgan fingerprint density at radius 2 is 1.71 bits per heavy atom. The monoisotopic (exact) mass is 296 g/mol. The summed E-state index contributed by atoms with van der Waals surface area (Å²) in [5.41, 5.74) is 5.74. The standard InChI is InChI=1S/C12H17BrN4/c1-7-8(2)15-17(10(7)4)6-11-12(13)9(3)14-16(11)5/h6H2,1-5H3. The Balaban J connectivity index is 2.41. The quantitative estimate of drug-likeness (QED) is 0.854. The van der Waals surface area contributed by atoms with Crippen LogP contribution >= 0.6 is 15.9 Å². The summed E-state index contributed by atoms with van der Waals surface area (Å²) in [5.74, 6) is 0. The van der Waals surface area contributed by atoms with Crippen molar-refractivity contribution < 1.29 is 0 Å². The van der Waals surface area contributed by atoms with E-state index in [2.05, 4.69) is 40.0 Å². The van der Waals surface area contributed by atoms with E-state index in [1.807, 2.05) is 30.3 Å². The first-order chi connectivity index (χ1) is 7.91. The summed E-state index contributed by atoms with van der Waals surface area (Å²) >= 11 is 3.58. The summed E-state index contributed by atoms with van der Waals surface area (Å²) < 4.78 is 5.02. The molecule has 4 nitrogen and oxygen atoms in total. The number of hydrogen-bond acceptors (Lipinski definition) is 2. The fraction of sp³-hybridized carbons (Fsp3) is 0.500. The molecule has 92 valence electrons. The van der Waals surface area contributed by atoms with Gasteiger partial charge < -0.3 is 0 Å². The molecule has 0 atom stereocenters. The molecule has 0 fully saturated rings. The Labute approximate surface area is 110 Å². The largest absolute Gasteiger partial charge is 0.269 e. The van der Waals surface area contributed by atoms with Gasteiger partial charge in [-0.1, -0.05) is 0 Å². The molecule has 2 heterocycles. The van der Waals surface area contributed by atoms with Gasteiger partial charge in [-0.05, 0) is 49.2 Å². The summed E-state index contributed by atoms with van der Waals surface area (Å²) in [4.78, 5) is 0. The third-order valence-electron chi connectivity index (χ3n) is 3.30. The van der Waals surface area contributed by atoms with Crippen molar-refractivity contribution in [1.82, 2.24) is 19.6 Å². The second-order valence-electron chi connectivity index (χ2n) is 4.42. The van der Waals surface area contributed by atoms with E-state index in [1.165, 1.54) is 11.3 Å². The number of nitrogens with zero attached hydrogens (tertiary/aromatic N) is 4. The van der Waals surface area contributed by atoms with E-state index in [0.717, 1.165) is 28.1 Å². The molecule has 0 N–H and O–H groups in total. The summed E-state index contributed by atoms with van der Waals surface area (Å²) in [5, 5.41) is 8.95. The molecule has 0 radical (unpaired) electrons. The van der Waals surface area contributed by atoms with Crippen molar-refractivity contribution in [1.29, 1.82) is 0 Å². The van der Waals surface area contributed by atoms with Crippen molar-refractivity contribution in [2.75, 3.05) is 0 Å². The fourth-order valence-corrected chi connectivity index (χ4v) is 2.40. The van der Waals surface area contributed by atoms with Gasteiger partial charge in [0.15, 0.2) is 0 Å². The van der Waals surface area contributed by atoms with Crippen molar-refractivity contribution in [3.63, 3.8) is 0 Å². The molecule has 0 bridgehead atoms. The van der Waals surface area contributed by atoms with Crippen LogP contribution in [-0.2, 0) is 13.6 Å². The highest BCUT2D eigenvalue weighted by Gasteiger charge is 2.14. The van der Waals surface area contributed by atoms with Gasteiger partial charge in [0.05, 0.1) is 28.1 Å². The predicted molar refractivity (Wildman–Crippen MR) is 71.2 cm³/mol. The maximum atomic E-state index is 4.55. The van der Waals surface area contributed by atoms with Gasteiger partial charge in [0.2, 0.25) is 0 Å². The van der Waals surface area contributed by atoms with Crippen LogP contribution in [-0.4, -0.2) is 19.6 Å². The van der Waals surface area contributed by atoms with Crippen LogP contribution in [0.5, 0.6) is 0 Å². The van der Waals surface area contributed by atoms with Crippen molar-refractivity contribution in [2.45, 2.75) is 34.2 Å². The highest BCUT2D eigenvalue weighted by Crippen LogP contribution is 2.22. The predicted octanol–water partition coefficient (Wildman–Crippen LogP) is 2.66. The smallest absolute Gasteiger partial charge is 0.0842 e. The van der Waals surface area contributed by atoms with Gasteiger partial charge in [-0.3, -0.25) is 9.36 Å². The van der Waals surface area contributed by atoms with Gasteiger partial charge >= 0.3 is 0 Å². The number of aromatic nitrogens is 4. The summed E-state index contributed by atoms with van der Waals surface area (Å²) in [6.07, 6.45) is 0.